The normalized spacial score (nSPS) is 15.4. The summed E-state index contributed by atoms with van der Waals surface area (Å²) in [7, 11) is 0. The zero-order valence-electron chi connectivity index (χ0n) is 18.9. The van der Waals surface area contributed by atoms with Gasteiger partial charge in [-0.25, -0.2) is 4.79 Å². The lowest BCUT2D eigenvalue weighted by Crippen LogP contribution is -2.54. The number of anilines is 1. The van der Waals surface area contributed by atoms with Crippen LogP contribution in [0.2, 0.25) is 0 Å². The summed E-state index contributed by atoms with van der Waals surface area (Å²) in [5.41, 5.74) is 0.759. The van der Waals surface area contributed by atoms with Gasteiger partial charge in [0.15, 0.2) is 0 Å². The van der Waals surface area contributed by atoms with Gasteiger partial charge in [0.25, 0.3) is 0 Å². The van der Waals surface area contributed by atoms with Crippen molar-refractivity contribution in [3.05, 3.63) is 48.0 Å². The minimum absolute atomic E-state index is 0.140. The second-order valence-corrected chi connectivity index (χ2v) is 9.42. The molecule has 1 heterocycles. The molecule has 2 N–H and O–H groups in total. The third-order valence-electron chi connectivity index (χ3n) is 5.30. The summed E-state index contributed by atoms with van der Waals surface area (Å²) in [4.78, 5) is 25.4. The van der Waals surface area contributed by atoms with Gasteiger partial charge in [-0.1, -0.05) is 19.9 Å². The lowest BCUT2D eigenvalue weighted by molar-refractivity contribution is -0.121. The van der Waals surface area contributed by atoms with Crippen molar-refractivity contribution < 1.29 is 24.2 Å². The maximum atomic E-state index is 12.6. The third-order valence-corrected chi connectivity index (χ3v) is 5.30. The fraction of sp³-hybridized carbons (Fsp3) is 0.417. The fourth-order valence-electron chi connectivity index (χ4n) is 3.84. The van der Waals surface area contributed by atoms with Crippen molar-refractivity contribution in [1.29, 1.82) is 0 Å². The quantitative estimate of drug-likeness (QED) is 0.681. The van der Waals surface area contributed by atoms with E-state index in [0.717, 1.165) is 22.0 Å². The summed E-state index contributed by atoms with van der Waals surface area (Å²) in [6.45, 7) is 11.7. The monoisotopic (exact) mass is 426 g/mol. The van der Waals surface area contributed by atoms with Gasteiger partial charge in [0.1, 0.15) is 23.3 Å². The number of hydrogen-bond donors (Lipinski definition) is 2. The van der Waals surface area contributed by atoms with E-state index >= 15 is 0 Å². The Morgan fingerprint density at radius 3 is 2.39 bits per heavy atom. The number of carbonyl (C=O) groups excluding carboxylic acids is 1. The average Bonchev–Trinajstić information content (AvgIpc) is 2.97. The summed E-state index contributed by atoms with van der Waals surface area (Å²) in [6, 6.07) is 11.9. The van der Waals surface area contributed by atoms with E-state index < -0.39 is 23.6 Å². The van der Waals surface area contributed by atoms with E-state index in [1.807, 2.05) is 18.2 Å². The van der Waals surface area contributed by atoms with E-state index in [4.69, 9.17) is 9.47 Å². The van der Waals surface area contributed by atoms with Crippen LogP contribution in [-0.2, 0) is 10.2 Å². The predicted octanol–water partition coefficient (Wildman–Crippen LogP) is 5.25. The second-order valence-electron chi connectivity index (χ2n) is 9.42. The van der Waals surface area contributed by atoms with Crippen LogP contribution in [0.5, 0.6) is 17.2 Å². The number of hydrogen-bond acceptors (Lipinski definition) is 4. The minimum atomic E-state index is -1.14. The molecule has 166 valence electrons. The molecule has 0 bridgehead atoms. The molecule has 2 amide bonds. The molecule has 0 spiro atoms. The van der Waals surface area contributed by atoms with Gasteiger partial charge >= 0.3 is 6.09 Å². The number of amides is 2. The first-order valence-corrected chi connectivity index (χ1v) is 10.3. The molecular formula is C24H30N2O5. The first kappa shape index (κ1) is 22.5. The molecule has 7 heteroatoms. The minimum Gasteiger partial charge on any atom is -0.492 e. The highest BCUT2D eigenvalue weighted by molar-refractivity contribution is 5.96. The first-order chi connectivity index (χ1) is 14.4. The highest BCUT2D eigenvalue weighted by Gasteiger charge is 2.36. The van der Waals surface area contributed by atoms with E-state index in [1.54, 1.807) is 52.0 Å². The third kappa shape index (κ3) is 4.76. The topological polar surface area (TPSA) is 88.1 Å². The summed E-state index contributed by atoms with van der Waals surface area (Å²) in [5, 5.41) is 12.3. The molecule has 1 aliphatic rings. The molecule has 2 aromatic rings. The van der Waals surface area contributed by atoms with Crippen molar-refractivity contribution in [2.75, 3.05) is 11.9 Å². The Kier molecular flexibility index (Phi) is 5.89. The van der Waals surface area contributed by atoms with E-state index in [2.05, 4.69) is 19.2 Å². The van der Waals surface area contributed by atoms with Crippen LogP contribution in [-0.4, -0.2) is 40.2 Å². The molecule has 3 rings (SSSR count). The number of carboxylic acid groups (broad SMARTS) is 1. The van der Waals surface area contributed by atoms with E-state index in [1.165, 1.54) is 0 Å². The first-order valence-electron chi connectivity index (χ1n) is 10.3. The van der Waals surface area contributed by atoms with Gasteiger partial charge in [0, 0.05) is 22.2 Å². The number of benzene rings is 2. The van der Waals surface area contributed by atoms with Gasteiger partial charge in [0.05, 0.1) is 6.61 Å². The van der Waals surface area contributed by atoms with E-state index in [-0.39, 0.29) is 5.41 Å². The Bertz CT molecular complexity index is 976. The zero-order valence-corrected chi connectivity index (χ0v) is 18.9. The van der Waals surface area contributed by atoms with Crippen LogP contribution in [0.25, 0.3) is 0 Å². The Labute approximate surface area is 183 Å². The zero-order chi connectivity index (χ0) is 23.0. The van der Waals surface area contributed by atoms with Crippen LogP contribution >= 0.6 is 0 Å². The summed E-state index contributed by atoms with van der Waals surface area (Å²) in [5.74, 6) is 1.81. The average molecular weight is 427 g/mol. The van der Waals surface area contributed by atoms with Crippen molar-refractivity contribution >= 4 is 17.7 Å². The summed E-state index contributed by atoms with van der Waals surface area (Å²) < 4.78 is 11.9. The molecular weight excluding hydrogens is 396 g/mol. The van der Waals surface area contributed by atoms with E-state index in [9.17, 15) is 14.7 Å². The molecule has 7 nitrogen and oxygen atoms in total. The van der Waals surface area contributed by atoms with Crippen molar-refractivity contribution in [2.24, 2.45) is 0 Å². The number of carbonyl (C=O) groups is 2. The van der Waals surface area contributed by atoms with Crippen LogP contribution in [0.3, 0.4) is 0 Å². The van der Waals surface area contributed by atoms with Gasteiger partial charge in [-0.3, -0.25) is 9.69 Å². The Hall–Kier alpha value is -3.22. The van der Waals surface area contributed by atoms with Crippen molar-refractivity contribution in [3.63, 3.8) is 0 Å². The Morgan fingerprint density at radius 1 is 1.16 bits per heavy atom. The van der Waals surface area contributed by atoms with Gasteiger partial charge in [-0.05, 0) is 64.1 Å². The maximum absolute atomic E-state index is 12.6. The molecule has 0 saturated carbocycles. The number of nitrogens with one attached hydrogen (secondary N) is 1. The number of rotatable bonds is 5. The molecule has 0 saturated heterocycles. The SMILES string of the molecule is C[C@H](C(=O)Nc1ccc(Oc2cccc3c2C(C)(C)CO3)cc1)N(C(=O)O)C(C)(C)C. The van der Waals surface area contributed by atoms with Crippen molar-refractivity contribution in [1.82, 2.24) is 4.90 Å². The fourth-order valence-corrected chi connectivity index (χ4v) is 3.84. The van der Waals surface area contributed by atoms with Crippen LogP contribution in [0.15, 0.2) is 42.5 Å². The molecule has 0 aliphatic carbocycles. The lowest BCUT2D eigenvalue weighted by Gasteiger charge is -2.37. The molecule has 0 radical (unpaired) electrons. The lowest BCUT2D eigenvalue weighted by atomic mass is 9.86. The molecule has 2 aromatic carbocycles. The predicted molar refractivity (Wildman–Crippen MR) is 119 cm³/mol. The highest BCUT2D eigenvalue weighted by Crippen LogP contribution is 2.45. The standard InChI is InChI=1S/C24H30N2O5/c1-15(26(22(28)29)23(2,3)4)21(27)25-16-10-12-17(13-11-16)31-19-9-7-8-18-20(19)24(5,6)14-30-18/h7-13,15H,14H2,1-6H3,(H,25,27)(H,28,29)/t15-/m1/s1. The van der Waals surface area contributed by atoms with Gasteiger partial charge in [0.2, 0.25) is 5.91 Å². The van der Waals surface area contributed by atoms with Crippen molar-refractivity contribution in [3.8, 4) is 17.2 Å². The van der Waals surface area contributed by atoms with Crippen molar-refractivity contribution in [2.45, 2.75) is 58.5 Å². The highest BCUT2D eigenvalue weighted by atomic mass is 16.5. The van der Waals surface area contributed by atoms with Gasteiger partial charge in [-0.15, -0.1) is 0 Å². The molecule has 31 heavy (non-hydrogen) atoms. The second kappa shape index (κ2) is 8.13. The van der Waals surface area contributed by atoms with Crippen LogP contribution < -0.4 is 14.8 Å². The molecule has 0 fully saturated rings. The number of fused-ring (bicyclic) bond motifs is 1. The molecule has 0 unspecified atom stereocenters. The van der Waals surface area contributed by atoms with Gasteiger partial charge < -0.3 is 19.9 Å². The molecule has 1 aliphatic heterocycles. The van der Waals surface area contributed by atoms with Crippen LogP contribution in [0, 0.1) is 0 Å². The molecule has 1 atom stereocenters. The Morgan fingerprint density at radius 2 is 1.81 bits per heavy atom. The smallest absolute Gasteiger partial charge is 0.408 e. The van der Waals surface area contributed by atoms with Crippen LogP contribution in [0.1, 0.15) is 47.1 Å². The summed E-state index contributed by atoms with van der Waals surface area (Å²) >= 11 is 0. The Balaban J connectivity index is 1.71. The maximum Gasteiger partial charge on any atom is 0.408 e. The molecule has 0 aromatic heterocycles. The van der Waals surface area contributed by atoms with E-state index in [0.29, 0.717) is 18.0 Å². The summed E-state index contributed by atoms with van der Waals surface area (Å²) in [6.07, 6.45) is -1.14. The van der Waals surface area contributed by atoms with Gasteiger partial charge in [-0.2, -0.15) is 0 Å². The van der Waals surface area contributed by atoms with Crippen LogP contribution in [0.4, 0.5) is 10.5 Å². The largest absolute Gasteiger partial charge is 0.492 e. The number of ether oxygens (including phenoxy) is 2. The number of nitrogens with zero attached hydrogens (tertiary/aromatic N) is 1.